The first-order valence-corrected chi connectivity index (χ1v) is 6.52. The van der Waals surface area contributed by atoms with Crippen LogP contribution in [0.2, 0.25) is 0 Å². The maximum atomic E-state index is 5.41. The second-order valence-corrected chi connectivity index (χ2v) is 5.37. The van der Waals surface area contributed by atoms with Crippen molar-refractivity contribution < 1.29 is 4.74 Å². The number of aromatic amines is 1. The van der Waals surface area contributed by atoms with Crippen LogP contribution in [0.5, 0.6) is 0 Å². The molecule has 0 amide bonds. The lowest BCUT2D eigenvalue weighted by molar-refractivity contribution is 0.0536. The molecule has 94 valence electrons. The van der Waals surface area contributed by atoms with E-state index >= 15 is 0 Å². The summed E-state index contributed by atoms with van der Waals surface area (Å²) in [6.07, 6.45) is 4.42. The van der Waals surface area contributed by atoms with Gasteiger partial charge in [-0.3, -0.25) is 5.10 Å². The van der Waals surface area contributed by atoms with Crippen LogP contribution in [0, 0.1) is 0 Å². The van der Waals surface area contributed by atoms with Crippen molar-refractivity contribution in [2.24, 2.45) is 0 Å². The van der Waals surface area contributed by atoms with Gasteiger partial charge in [0.15, 0.2) is 5.82 Å². The van der Waals surface area contributed by atoms with Crippen LogP contribution in [-0.4, -0.2) is 34.9 Å². The van der Waals surface area contributed by atoms with E-state index in [2.05, 4.69) is 22.4 Å². The normalized spacial score (nSPS) is 28.4. The Balaban J connectivity index is 1.78. The predicted octanol–water partition coefficient (Wildman–Crippen LogP) is 1.30. The summed E-state index contributed by atoms with van der Waals surface area (Å²) in [6, 6.07) is 0.375. The zero-order chi connectivity index (χ0) is 11.7. The molecule has 0 bridgehead atoms. The van der Waals surface area contributed by atoms with Gasteiger partial charge in [0, 0.05) is 18.6 Å². The zero-order valence-electron chi connectivity index (χ0n) is 10.3. The molecule has 2 fully saturated rings. The second kappa shape index (κ2) is 4.38. The van der Waals surface area contributed by atoms with E-state index in [1.807, 2.05) is 0 Å². The molecule has 2 aliphatic rings. The molecule has 0 radical (unpaired) electrons. The van der Waals surface area contributed by atoms with Gasteiger partial charge in [-0.05, 0) is 32.2 Å². The minimum Gasteiger partial charge on any atom is -0.381 e. The van der Waals surface area contributed by atoms with E-state index in [1.54, 1.807) is 0 Å². The van der Waals surface area contributed by atoms with Crippen molar-refractivity contribution >= 4 is 0 Å². The number of rotatable bonds is 2. The number of ether oxygens (including phenoxy) is 1. The molecule has 1 aromatic heterocycles. The van der Waals surface area contributed by atoms with Crippen molar-refractivity contribution in [1.82, 2.24) is 20.5 Å². The largest absolute Gasteiger partial charge is 0.381 e. The number of hydrogen-bond donors (Lipinski definition) is 2. The quantitative estimate of drug-likeness (QED) is 0.812. The molecule has 1 unspecified atom stereocenters. The molecular formula is C12H20N4O. The number of nitrogens with zero attached hydrogens (tertiary/aromatic N) is 2. The highest BCUT2D eigenvalue weighted by atomic mass is 16.5. The van der Waals surface area contributed by atoms with Gasteiger partial charge in [0.2, 0.25) is 0 Å². The minimum atomic E-state index is 0.0889. The third kappa shape index (κ3) is 2.09. The highest BCUT2D eigenvalue weighted by Gasteiger charge is 2.34. The lowest BCUT2D eigenvalue weighted by Gasteiger charge is -2.30. The van der Waals surface area contributed by atoms with Crippen molar-refractivity contribution in [2.75, 3.05) is 19.8 Å². The smallest absolute Gasteiger partial charge is 0.156 e. The third-order valence-electron chi connectivity index (χ3n) is 4.03. The molecular weight excluding hydrogens is 216 g/mol. The number of hydrogen-bond acceptors (Lipinski definition) is 4. The first-order chi connectivity index (χ1) is 8.28. The van der Waals surface area contributed by atoms with Crippen molar-refractivity contribution in [2.45, 2.75) is 44.1 Å². The Kier molecular flexibility index (Phi) is 2.88. The summed E-state index contributed by atoms with van der Waals surface area (Å²) in [5, 5.41) is 11.0. The van der Waals surface area contributed by atoms with Crippen molar-refractivity contribution in [3.63, 3.8) is 0 Å². The first kappa shape index (κ1) is 11.2. The molecule has 1 atom stereocenters. The van der Waals surface area contributed by atoms with Gasteiger partial charge in [-0.25, -0.2) is 4.98 Å². The van der Waals surface area contributed by atoms with Crippen molar-refractivity contribution in [1.29, 1.82) is 0 Å². The Morgan fingerprint density at radius 1 is 1.35 bits per heavy atom. The van der Waals surface area contributed by atoms with E-state index in [1.165, 1.54) is 6.42 Å². The van der Waals surface area contributed by atoms with Gasteiger partial charge < -0.3 is 10.1 Å². The number of aromatic nitrogens is 3. The van der Waals surface area contributed by atoms with E-state index in [0.29, 0.717) is 6.04 Å². The Hall–Kier alpha value is -0.940. The standard InChI is InChI=1S/C12H20N4O/c1-12(4-7-17-8-5-12)11-14-10(15-16-11)9-3-2-6-13-9/h9,13H,2-8H2,1H3,(H,14,15,16). The Morgan fingerprint density at radius 3 is 2.88 bits per heavy atom. The van der Waals surface area contributed by atoms with Gasteiger partial charge in [-0.15, -0.1) is 0 Å². The Labute approximate surface area is 101 Å². The predicted molar refractivity (Wildman–Crippen MR) is 63.8 cm³/mol. The van der Waals surface area contributed by atoms with E-state index in [9.17, 15) is 0 Å². The second-order valence-electron chi connectivity index (χ2n) is 5.37. The van der Waals surface area contributed by atoms with Gasteiger partial charge in [0.05, 0.1) is 6.04 Å². The molecule has 17 heavy (non-hydrogen) atoms. The Bertz CT molecular complexity index is 378. The average molecular weight is 236 g/mol. The monoisotopic (exact) mass is 236 g/mol. The minimum absolute atomic E-state index is 0.0889. The maximum Gasteiger partial charge on any atom is 0.156 e. The molecule has 0 aromatic carbocycles. The zero-order valence-corrected chi connectivity index (χ0v) is 10.3. The van der Waals surface area contributed by atoms with E-state index in [4.69, 9.17) is 9.72 Å². The van der Waals surface area contributed by atoms with Crippen molar-refractivity contribution in [3.05, 3.63) is 11.6 Å². The van der Waals surface area contributed by atoms with Crippen LogP contribution in [0.1, 0.15) is 50.3 Å². The Morgan fingerprint density at radius 2 is 2.18 bits per heavy atom. The van der Waals surface area contributed by atoms with Crippen LogP contribution in [0.4, 0.5) is 0 Å². The highest BCUT2D eigenvalue weighted by molar-refractivity contribution is 5.09. The summed E-state index contributed by atoms with van der Waals surface area (Å²) < 4.78 is 5.41. The maximum absolute atomic E-state index is 5.41. The molecule has 3 heterocycles. The molecule has 0 aliphatic carbocycles. The molecule has 2 saturated heterocycles. The van der Waals surface area contributed by atoms with Gasteiger partial charge in [-0.1, -0.05) is 6.92 Å². The van der Waals surface area contributed by atoms with Gasteiger partial charge >= 0.3 is 0 Å². The summed E-state index contributed by atoms with van der Waals surface area (Å²) in [6.45, 7) is 4.97. The van der Waals surface area contributed by atoms with Crippen molar-refractivity contribution in [3.8, 4) is 0 Å². The fraction of sp³-hybridized carbons (Fsp3) is 0.833. The molecule has 5 nitrogen and oxygen atoms in total. The third-order valence-corrected chi connectivity index (χ3v) is 4.03. The van der Waals surface area contributed by atoms with Crippen LogP contribution in [0.15, 0.2) is 0 Å². The molecule has 1 aromatic rings. The highest BCUT2D eigenvalue weighted by Crippen LogP contribution is 2.32. The lowest BCUT2D eigenvalue weighted by atomic mass is 9.82. The topological polar surface area (TPSA) is 62.8 Å². The number of H-pyrrole nitrogens is 1. The molecule has 0 spiro atoms. The van der Waals surface area contributed by atoms with Gasteiger partial charge in [-0.2, -0.15) is 5.10 Å². The first-order valence-electron chi connectivity index (χ1n) is 6.52. The van der Waals surface area contributed by atoms with Gasteiger partial charge in [0.25, 0.3) is 0 Å². The summed E-state index contributed by atoms with van der Waals surface area (Å²) in [5.74, 6) is 1.97. The van der Waals surface area contributed by atoms with E-state index in [-0.39, 0.29) is 5.41 Å². The van der Waals surface area contributed by atoms with Crippen LogP contribution >= 0.6 is 0 Å². The molecule has 3 rings (SSSR count). The molecule has 0 saturated carbocycles. The van der Waals surface area contributed by atoms with Crippen LogP contribution in [0.25, 0.3) is 0 Å². The summed E-state index contributed by atoms with van der Waals surface area (Å²) in [5.41, 5.74) is 0.0889. The van der Waals surface area contributed by atoms with Crippen LogP contribution in [0.3, 0.4) is 0 Å². The summed E-state index contributed by atoms with van der Waals surface area (Å²) in [4.78, 5) is 4.70. The summed E-state index contributed by atoms with van der Waals surface area (Å²) in [7, 11) is 0. The van der Waals surface area contributed by atoms with Crippen LogP contribution < -0.4 is 5.32 Å². The SMILES string of the molecule is CC1(c2n[nH]c(C3CCCN3)n2)CCOCC1. The summed E-state index contributed by atoms with van der Waals surface area (Å²) >= 11 is 0. The average Bonchev–Trinajstić information content (AvgIpc) is 3.01. The molecule has 2 N–H and O–H groups in total. The van der Waals surface area contributed by atoms with E-state index < -0.39 is 0 Å². The van der Waals surface area contributed by atoms with Crippen LogP contribution in [-0.2, 0) is 10.2 Å². The lowest BCUT2D eigenvalue weighted by Crippen LogP contribution is -2.31. The van der Waals surface area contributed by atoms with E-state index in [0.717, 1.165) is 50.7 Å². The number of nitrogens with one attached hydrogen (secondary N) is 2. The fourth-order valence-corrected chi connectivity index (χ4v) is 2.66. The molecule has 2 aliphatic heterocycles. The van der Waals surface area contributed by atoms with Gasteiger partial charge in [0.1, 0.15) is 5.82 Å². The fourth-order valence-electron chi connectivity index (χ4n) is 2.66. The molecule has 5 heteroatoms.